The van der Waals surface area contributed by atoms with Crippen LogP contribution >= 0.6 is 0 Å². The third-order valence-electron chi connectivity index (χ3n) is 6.78. The van der Waals surface area contributed by atoms with Crippen LogP contribution in [0.5, 0.6) is 5.75 Å². The number of aromatic nitrogens is 1. The van der Waals surface area contributed by atoms with Gasteiger partial charge in [-0.1, -0.05) is 25.1 Å². The minimum absolute atomic E-state index is 0.0235. The number of nitrogens with one attached hydrogen (secondary N) is 1. The summed E-state index contributed by atoms with van der Waals surface area (Å²) >= 11 is 0. The first-order valence-electron chi connectivity index (χ1n) is 13.0. The van der Waals surface area contributed by atoms with E-state index in [2.05, 4.69) is 9.71 Å². The van der Waals surface area contributed by atoms with Crippen molar-refractivity contribution in [1.82, 2.24) is 18.9 Å². The summed E-state index contributed by atoms with van der Waals surface area (Å²) in [5.74, 6) is -0.661. The summed E-state index contributed by atoms with van der Waals surface area (Å²) < 4.78 is 60.1. The highest BCUT2D eigenvalue weighted by molar-refractivity contribution is 7.89. The van der Waals surface area contributed by atoms with Crippen molar-refractivity contribution in [2.75, 3.05) is 38.5 Å². The first-order chi connectivity index (χ1) is 19.0. The van der Waals surface area contributed by atoms with E-state index in [4.69, 9.17) is 4.74 Å². The maximum absolute atomic E-state index is 12.9. The van der Waals surface area contributed by atoms with E-state index in [1.165, 1.54) is 16.4 Å². The molecule has 2 heterocycles. The van der Waals surface area contributed by atoms with Gasteiger partial charge in [0.2, 0.25) is 20.0 Å². The van der Waals surface area contributed by atoms with Crippen molar-refractivity contribution in [3.05, 3.63) is 65.9 Å². The number of benzene rings is 2. The SMILES string of the molecule is CCCS(=O)(=O)N1CCN(C(CNS(=O)(=O)c2ccc(OCc3cc(C)nc4ccccc34)cc2)C(=O)O)CC1. The molecule has 0 saturated carbocycles. The van der Waals surface area contributed by atoms with Crippen molar-refractivity contribution < 1.29 is 31.5 Å². The summed E-state index contributed by atoms with van der Waals surface area (Å²) in [7, 11) is -7.37. The Balaban J connectivity index is 1.36. The number of sulfonamides is 2. The zero-order valence-electron chi connectivity index (χ0n) is 22.5. The average Bonchev–Trinajstić information content (AvgIpc) is 2.92. The maximum atomic E-state index is 12.9. The summed E-state index contributed by atoms with van der Waals surface area (Å²) in [5, 5.41) is 10.7. The fourth-order valence-corrected chi connectivity index (χ4v) is 7.25. The van der Waals surface area contributed by atoms with E-state index >= 15 is 0 Å². The first-order valence-corrected chi connectivity index (χ1v) is 16.1. The van der Waals surface area contributed by atoms with Crippen molar-refractivity contribution in [1.29, 1.82) is 0 Å². The van der Waals surface area contributed by atoms with Crippen molar-refractivity contribution in [2.24, 2.45) is 0 Å². The van der Waals surface area contributed by atoms with Crippen molar-refractivity contribution in [3.63, 3.8) is 0 Å². The molecular formula is C27H34N4O7S2. The monoisotopic (exact) mass is 590 g/mol. The number of ether oxygens (including phenoxy) is 1. The fraction of sp³-hybridized carbons (Fsp3) is 0.407. The van der Waals surface area contributed by atoms with Crippen molar-refractivity contribution in [3.8, 4) is 5.75 Å². The number of carbonyl (C=O) groups is 1. The zero-order chi connectivity index (χ0) is 28.9. The third-order valence-corrected chi connectivity index (χ3v) is 10.3. The molecule has 1 saturated heterocycles. The Kier molecular flexibility index (Phi) is 9.41. The average molecular weight is 591 g/mol. The molecule has 0 amide bonds. The molecule has 0 spiro atoms. The lowest BCUT2D eigenvalue weighted by Crippen LogP contribution is -2.57. The number of para-hydroxylation sites is 1. The van der Waals surface area contributed by atoms with Crippen LogP contribution in [0.4, 0.5) is 0 Å². The summed E-state index contributed by atoms with van der Waals surface area (Å²) in [6.45, 7) is 4.33. The molecule has 1 aromatic heterocycles. The number of pyridine rings is 1. The quantitative estimate of drug-likeness (QED) is 0.324. The molecule has 4 rings (SSSR count). The van der Waals surface area contributed by atoms with Gasteiger partial charge in [-0.05, 0) is 49.7 Å². The van der Waals surface area contributed by atoms with Gasteiger partial charge in [0.05, 0.1) is 16.2 Å². The number of carboxylic acids is 1. The van der Waals surface area contributed by atoms with Crippen LogP contribution in [0.3, 0.4) is 0 Å². The molecule has 1 aliphatic heterocycles. The lowest BCUT2D eigenvalue weighted by molar-refractivity contribution is -0.143. The molecule has 0 aliphatic carbocycles. The molecule has 0 bridgehead atoms. The van der Waals surface area contributed by atoms with Crippen LogP contribution in [-0.2, 0) is 31.4 Å². The van der Waals surface area contributed by atoms with Gasteiger partial charge in [0, 0.05) is 49.4 Å². The Labute approximate surface area is 234 Å². The standard InChI is InChI=1S/C27H34N4O7S2/c1-3-16-39(34,35)31-14-12-30(13-15-31)26(27(32)33)18-28-40(36,37)23-10-8-22(9-11-23)38-19-21-17-20(2)29-25-7-5-4-6-24(21)25/h4-11,17,26,28H,3,12-16,18-19H2,1-2H3,(H,32,33). The molecule has 40 heavy (non-hydrogen) atoms. The van der Waals surface area contributed by atoms with Crippen LogP contribution in [0.25, 0.3) is 10.9 Å². The van der Waals surface area contributed by atoms with Crippen LogP contribution in [0.2, 0.25) is 0 Å². The predicted octanol–water partition coefficient (Wildman–Crippen LogP) is 2.21. The second kappa shape index (κ2) is 12.6. The molecule has 1 fully saturated rings. The number of carboxylic acid groups (broad SMARTS) is 1. The van der Waals surface area contributed by atoms with Crippen LogP contribution in [0.15, 0.2) is 59.5 Å². The molecule has 11 nitrogen and oxygen atoms in total. The van der Waals surface area contributed by atoms with Gasteiger partial charge >= 0.3 is 5.97 Å². The predicted molar refractivity (Wildman–Crippen MR) is 151 cm³/mol. The lowest BCUT2D eigenvalue weighted by Gasteiger charge is -2.37. The number of piperazine rings is 1. The van der Waals surface area contributed by atoms with Crippen LogP contribution in [0.1, 0.15) is 24.6 Å². The van der Waals surface area contributed by atoms with Gasteiger partial charge in [0.25, 0.3) is 0 Å². The Hall–Kier alpha value is -3.10. The number of rotatable bonds is 12. The molecule has 1 unspecified atom stereocenters. The van der Waals surface area contributed by atoms with E-state index < -0.39 is 32.1 Å². The van der Waals surface area contributed by atoms with Crippen LogP contribution < -0.4 is 9.46 Å². The van der Waals surface area contributed by atoms with Gasteiger partial charge in [-0.3, -0.25) is 14.7 Å². The number of aryl methyl sites for hydroxylation is 1. The molecule has 1 aliphatic rings. The first kappa shape index (κ1) is 29.9. The van der Waals surface area contributed by atoms with Gasteiger partial charge in [0.1, 0.15) is 18.4 Å². The molecule has 2 aromatic carbocycles. The Morgan fingerprint density at radius 3 is 2.38 bits per heavy atom. The van der Waals surface area contributed by atoms with E-state index in [1.54, 1.807) is 24.0 Å². The van der Waals surface area contributed by atoms with Crippen molar-refractivity contribution >= 4 is 36.9 Å². The maximum Gasteiger partial charge on any atom is 0.322 e. The highest BCUT2D eigenvalue weighted by Crippen LogP contribution is 2.22. The molecule has 3 aromatic rings. The topological polar surface area (TPSA) is 146 Å². The number of fused-ring (bicyclic) bond motifs is 1. The Morgan fingerprint density at radius 2 is 1.73 bits per heavy atom. The minimum atomic E-state index is -4.00. The van der Waals surface area contributed by atoms with Gasteiger partial charge in [-0.15, -0.1) is 0 Å². The largest absolute Gasteiger partial charge is 0.489 e. The van der Waals surface area contributed by atoms with E-state index in [0.29, 0.717) is 12.2 Å². The van der Waals surface area contributed by atoms with Gasteiger partial charge in [-0.25, -0.2) is 21.6 Å². The van der Waals surface area contributed by atoms with Gasteiger partial charge in [-0.2, -0.15) is 4.31 Å². The lowest BCUT2D eigenvalue weighted by atomic mass is 10.1. The molecule has 216 valence electrons. The number of aliphatic carboxylic acids is 1. The summed E-state index contributed by atoms with van der Waals surface area (Å²) in [6, 6.07) is 14.5. The summed E-state index contributed by atoms with van der Waals surface area (Å²) in [4.78, 5) is 18.0. The van der Waals surface area contributed by atoms with E-state index in [-0.39, 0.29) is 50.0 Å². The highest BCUT2D eigenvalue weighted by atomic mass is 32.2. The molecule has 2 N–H and O–H groups in total. The van der Waals surface area contributed by atoms with E-state index in [1.807, 2.05) is 37.3 Å². The Bertz CT molecular complexity index is 1550. The normalized spacial score (nSPS) is 16.1. The number of nitrogens with zero attached hydrogens (tertiary/aromatic N) is 3. The zero-order valence-corrected chi connectivity index (χ0v) is 24.1. The molecule has 0 radical (unpaired) electrons. The van der Waals surface area contributed by atoms with Crippen LogP contribution in [0, 0.1) is 6.92 Å². The second-order valence-corrected chi connectivity index (χ2v) is 13.5. The number of hydrogen-bond acceptors (Lipinski definition) is 8. The summed E-state index contributed by atoms with van der Waals surface area (Å²) in [6.07, 6.45) is 0.497. The van der Waals surface area contributed by atoms with E-state index in [9.17, 15) is 26.7 Å². The van der Waals surface area contributed by atoms with Gasteiger partial charge in [0.15, 0.2) is 0 Å². The minimum Gasteiger partial charge on any atom is -0.489 e. The summed E-state index contributed by atoms with van der Waals surface area (Å²) in [5.41, 5.74) is 2.70. The number of hydrogen-bond donors (Lipinski definition) is 2. The highest BCUT2D eigenvalue weighted by Gasteiger charge is 2.33. The molecule has 1 atom stereocenters. The van der Waals surface area contributed by atoms with Crippen LogP contribution in [-0.4, -0.2) is 86.6 Å². The third kappa shape index (κ3) is 7.15. The molecular weight excluding hydrogens is 556 g/mol. The second-order valence-electron chi connectivity index (χ2n) is 9.66. The van der Waals surface area contributed by atoms with Gasteiger partial charge < -0.3 is 9.84 Å². The van der Waals surface area contributed by atoms with E-state index in [0.717, 1.165) is 22.2 Å². The smallest absolute Gasteiger partial charge is 0.322 e. The fourth-order valence-electron chi connectivity index (χ4n) is 4.72. The molecule has 13 heteroatoms. The van der Waals surface area contributed by atoms with Crippen molar-refractivity contribution in [2.45, 2.75) is 37.8 Å². The Morgan fingerprint density at radius 1 is 1.05 bits per heavy atom.